The molecule has 0 fully saturated rings. The first-order chi connectivity index (χ1) is 20.8. The molecule has 0 heterocycles. The number of rotatable bonds is 12. The van der Waals surface area contributed by atoms with Crippen molar-refractivity contribution in [1.29, 1.82) is 0 Å². The summed E-state index contributed by atoms with van der Waals surface area (Å²) < 4.78 is 21.4. The second kappa shape index (κ2) is 15.1. The SMILES string of the molecule is Cc1ccc(C(=O)Oc2ccc(C(=O)OCCC(C)CCOC(=O)c3ccc(OC(=O)c4ccccc4)cc3)cc2)cc1. The third-order valence-electron chi connectivity index (χ3n) is 6.59. The van der Waals surface area contributed by atoms with Gasteiger partial charge >= 0.3 is 23.9 Å². The monoisotopic (exact) mass is 580 g/mol. The maximum atomic E-state index is 12.4. The normalized spacial score (nSPS) is 11.2. The number of ether oxygens (including phenoxy) is 4. The van der Waals surface area contributed by atoms with Crippen molar-refractivity contribution in [2.45, 2.75) is 26.7 Å². The number of carbonyl (C=O) groups excluding carboxylic acids is 4. The highest BCUT2D eigenvalue weighted by molar-refractivity contribution is 5.93. The van der Waals surface area contributed by atoms with E-state index in [0.717, 1.165) is 5.56 Å². The molecular formula is C35H32O8. The number of hydrogen-bond acceptors (Lipinski definition) is 8. The summed E-state index contributed by atoms with van der Waals surface area (Å²) in [5, 5.41) is 0. The van der Waals surface area contributed by atoms with Crippen LogP contribution in [0.2, 0.25) is 0 Å². The highest BCUT2D eigenvalue weighted by Gasteiger charge is 2.14. The lowest BCUT2D eigenvalue weighted by atomic mass is 10.1. The molecule has 0 saturated heterocycles. The molecule has 0 amide bonds. The van der Waals surface area contributed by atoms with Crippen molar-refractivity contribution >= 4 is 23.9 Å². The van der Waals surface area contributed by atoms with Crippen LogP contribution in [0.25, 0.3) is 0 Å². The molecule has 1 unspecified atom stereocenters. The van der Waals surface area contributed by atoms with E-state index >= 15 is 0 Å². The lowest BCUT2D eigenvalue weighted by molar-refractivity contribution is 0.0449. The Hall–Kier alpha value is -5.24. The number of hydrogen-bond donors (Lipinski definition) is 0. The quantitative estimate of drug-likeness (QED) is 0.132. The van der Waals surface area contributed by atoms with E-state index in [4.69, 9.17) is 18.9 Å². The number of benzene rings is 4. The molecule has 0 aliphatic heterocycles. The Morgan fingerprint density at radius 3 is 1.33 bits per heavy atom. The smallest absolute Gasteiger partial charge is 0.343 e. The molecule has 1 atom stereocenters. The molecule has 0 radical (unpaired) electrons. The maximum absolute atomic E-state index is 12.4. The summed E-state index contributed by atoms with van der Waals surface area (Å²) in [5.74, 6) is -1.12. The zero-order chi connectivity index (χ0) is 30.6. The molecule has 0 bridgehead atoms. The van der Waals surface area contributed by atoms with Crippen LogP contribution in [0.4, 0.5) is 0 Å². The minimum absolute atomic E-state index is 0.143. The van der Waals surface area contributed by atoms with Crippen LogP contribution in [0, 0.1) is 12.8 Å². The average Bonchev–Trinajstić information content (AvgIpc) is 3.02. The average molecular weight is 581 g/mol. The molecule has 220 valence electrons. The van der Waals surface area contributed by atoms with E-state index in [1.807, 2.05) is 32.0 Å². The van der Waals surface area contributed by atoms with Gasteiger partial charge in [-0.2, -0.15) is 0 Å². The van der Waals surface area contributed by atoms with Crippen LogP contribution in [0.5, 0.6) is 11.5 Å². The van der Waals surface area contributed by atoms with Gasteiger partial charge in [0.1, 0.15) is 11.5 Å². The van der Waals surface area contributed by atoms with Crippen molar-refractivity contribution in [3.63, 3.8) is 0 Å². The van der Waals surface area contributed by atoms with E-state index in [1.165, 1.54) is 0 Å². The third kappa shape index (κ3) is 9.39. The van der Waals surface area contributed by atoms with Crippen molar-refractivity contribution in [3.8, 4) is 11.5 Å². The molecule has 4 aromatic rings. The number of carbonyl (C=O) groups is 4. The highest BCUT2D eigenvalue weighted by atomic mass is 16.5. The van der Waals surface area contributed by atoms with Crippen molar-refractivity contribution in [3.05, 3.63) is 131 Å². The van der Waals surface area contributed by atoms with Crippen LogP contribution in [0.15, 0.2) is 103 Å². The predicted molar refractivity (Wildman–Crippen MR) is 159 cm³/mol. The van der Waals surface area contributed by atoms with Crippen LogP contribution in [0.1, 0.15) is 66.8 Å². The Morgan fingerprint density at radius 1 is 0.512 bits per heavy atom. The molecule has 4 rings (SSSR count). The topological polar surface area (TPSA) is 105 Å². The van der Waals surface area contributed by atoms with E-state index in [1.54, 1.807) is 84.9 Å². The van der Waals surface area contributed by atoms with Crippen LogP contribution >= 0.6 is 0 Å². The number of esters is 4. The van der Waals surface area contributed by atoms with Crippen molar-refractivity contribution in [1.82, 2.24) is 0 Å². The molecule has 0 aromatic heterocycles. The first kappa shape index (κ1) is 30.7. The Bertz CT molecular complexity index is 1530. The highest BCUT2D eigenvalue weighted by Crippen LogP contribution is 2.18. The van der Waals surface area contributed by atoms with Gasteiger partial charge in [0.15, 0.2) is 0 Å². The summed E-state index contributed by atoms with van der Waals surface area (Å²) >= 11 is 0. The number of aryl methyl sites for hydroxylation is 1. The lowest BCUT2D eigenvalue weighted by Crippen LogP contribution is -2.12. The first-order valence-electron chi connectivity index (χ1n) is 13.9. The molecule has 8 nitrogen and oxygen atoms in total. The van der Waals surface area contributed by atoms with Crippen molar-refractivity contribution in [2.24, 2.45) is 5.92 Å². The molecule has 0 aliphatic rings. The van der Waals surface area contributed by atoms with Crippen molar-refractivity contribution in [2.75, 3.05) is 13.2 Å². The van der Waals surface area contributed by atoms with Gasteiger partial charge in [0.05, 0.1) is 35.5 Å². The van der Waals surface area contributed by atoms with Gasteiger partial charge in [-0.25, -0.2) is 19.2 Å². The van der Waals surface area contributed by atoms with Gasteiger partial charge in [-0.1, -0.05) is 42.8 Å². The van der Waals surface area contributed by atoms with Crippen molar-refractivity contribution < 1.29 is 38.1 Å². The summed E-state index contributed by atoms with van der Waals surface area (Å²) in [7, 11) is 0. The fraction of sp³-hybridized carbons (Fsp3) is 0.200. The molecule has 0 saturated carbocycles. The first-order valence-corrected chi connectivity index (χ1v) is 13.9. The predicted octanol–water partition coefficient (Wildman–Crippen LogP) is 6.86. The summed E-state index contributed by atoms with van der Waals surface area (Å²) in [5.41, 5.74) is 2.61. The Kier molecular flexibility index (Phi) is 10.8. The van der Waals surface area contributed by atoms with Gasteiger partial charge in [0, 0.05) is 0 Å². The van der Waals surface area contributed by atoms with Gasteiger partial charge in [0.25, 0.3) is 0 Å². The van der Waals surface area contributed by atoms with Crippen LogP contribution in [-0.4, -0.2) is 37.1 Å². The summed E-state index contributed by atoms with van der Waals surface area (Å²) in [6.07, 6.45) is 1.19. The van der Waals surface area contributed by atoms with Crippen LogP contribution in [0.3, 0.4) is 0 Å². The molecule has 8 heteroatoms. The van der Waals surface area contributed by atoms with Gasteiger partial charge < -0.3 is 18.9 Å². The summed E-state index contributed by atoms with van der Waals surface area (Å²) in [4.78, 5) is 49.2. The lowest BCUT2D eigenvalue weighted by Gasteiger charge is -2.12. The molecular weight excluding hydrogens is 548 g/mol. The zero-order valence-corrected chi connectivity index (χ0v) is 24.0. The minimum atomic E-state index is -0.481. The van der Waals surface area contributed by atoms with E-state index < -0.39 is 23.9 Å². The zero-order valence-electron chi connectivity index (χ0n) is 24.0. The fourth-order valence-corrected chi connectivity index (χ4v) is 3.93. The van der Waals surface area contributed by atoms with E-state index in [0.29, 0.717) is 46.6 Å². The molecule has 43 heavy (non-hydrogen) atoms. The molecule has 0 N–H and O–H groups in total. The second-order valence-electron chi connectivity index (χ2n) is 10.0. The molecule has 0 aliphatic carbocycles. The van der Waals surface area contributed by atoms with Gasteiger partial charge in [-0.05, 0) is 98.5 Å². The molecule has 4 aromatic carbocycles. The summed E-state index contributed by atoms with van der Waals surface area (Å²) in [6, 6.07) is 28.0. The third-order valence-corrected chi connectivity index (χ3v) is 6.59. The maximum Gasteiger partial charge on any atom is 0.343 e. The van der Waals surface area contributed by atoms with E-state index in [2.05, 4.69) is 0 Å². The Morgan fingerprint density at radius 2 is 0.884 bits per heavy atom. The van der Waals surface area contributed by atoms with Gasteiger partial charge in [0.2, 0.25) is 0 Å². The van der Waals surface area contributed by atoms with Crippen LogP contribution in [-0.2, 0) is 9.47 Å². The summed E-state index contributed by atoms with van der Waals surface area (Å²) in [6.45, 7) is 4.33. The molecule has 0 spiro atoms. The van der Waals surface area contributed by atoms with E-state index in [9.17, 15) is 19.2 Å². The van der Waals surface area contributed by atoms with Gasteiger partial charge in [-0.3, -0.25) is 0 Å². The fourth-order valence-electron chi connectivity index (χ4n) is 3.93. The Labute approximate surface area is 250 Å². The largest absolute Gasteiger partial charge is 0.462 e. The second-order valence-corrected chi connectivity index (χ2v) is 10.0. The van der Waals surface area contributed by atoms with E-state index in [-0.39, 0.29) is 19.1 Å². The van der Waals surface area contributed by atoms with Crippen LogP contribution < -0.4 is 9.47 Å². The standard InChI is InChI=1S/C35H32O8/c1-24-8-10-29(11-9-24)35(39)43-31-18-14-28(15-19-31)33(37)41-23-21-25(2)20-22-40-32(36)27-12-16-30(17-13-27)42-34(38)26-6-4-3-5-7-26/h3-19,25H,20-23H2,1-2H3. The van der Waals surface area contributed by atoms with Gasteiger partial charge in [-0.15, -0.1) is 0 Å². The minimum Gasteiger partial charge on any atom is -0.462 e. The Balaban J connectivity index is 1.12.